The first-order chi connectivity index (χ1) is 10.5. The molecule has 0 aromatic carbocycles. The lowest BCUT2D eigenvalue weighted by atomic mass is 10.1. The molecule has 0 atom stereocenters. The van der Waals surface area contributed by atoms with Crippen molar-refractivity contribution in [1.29, 1.82) is 0 Å². The van der Waals surface area contributed by atoms with Gasteiger partial charge >= 0.3 is 0 Å². The Morgan fingerprint density at radius 2 is 2.05 bits per heavy atom. The third-order valence-electron chi connectivity index (χ3n) is 3.70. The van der Waals surface area contributed by atoms with E-state index in [0.29, 0.717) is 17.6 Å². The first-order valence-corrected chi connectivity index (χ1v) is 6.83. The molecule has 3 rings (SSSR count). The van der Waals surface area contributed by atoms with Crippen molar-refractivity contribution in [3.05, 3.63) is 45.4 Å². The van der Waals surface area contributed by atoms with Crippen LogP contribution >= 0.6 is 0 Å². The van der Waals surface area contributed by atoms with Gasteiger partial charge in [0, 0.05) is 17.3 Å². The minimum absolute atomic E-state index is 0.190. The van der Waals surface area contributed by atoms with Crippen molar-refractivity contribution in [2.24, 2.45) is 0 Å². The molecule has 3 heterocycles. The van der Waals surface area contributed by atoms with Gasteiger partial charge in [-0.3, -0.25) is 14.3 Å². The highest BCUT2D eigenvalue weighted by molar-refractivity contribution is 5.73. The minimum atomic E-state index is -0.190. The molecule has 7 heteroatoms. The lowest BCUT2D eigenvalue weighted by molar-refractivity contribution is 0.406. The van der Waals surface area contributed by atoms with Gasteiger partial charge in [0.2, 0.25) is 0 Å². The molecule has 7 nitrogen and oxygen atoms in total. The van der Waals surface area contributed by atoms with Gasteiger partial charge in [-0.15, -0.1) is 0 Å². The summed E-state index contributed by atoms with van der Waals surface area (Å²) >= 11 is 0. The molecule has 0 aliphatic carbocycles. The van der Waals surface area contributed by atoms with E-state index in [4.69, 9.17) is 9.26 Å². The van der Waals surface area contributed by atoms with Gasteiger partial charge in [0.25, 0.3) is 11.3 Å². The summed E-state index contributed by atoms with van der Waals surface area (Å²) in [7, 11) is 1.62. The standard InChI is InChI=1S/C15H16N4O3/c1-8-5-16-11(9(2)13(8)21-4)6-19-7-17-14-12(15(19)20)10(3)18-22-14/h5,7H,6H2,1-4H3. The summed E-state index contributed by atoms with van der Waals surface area (Å²) in [6.45, 7) is 5.89. The molecule has 0 aliphatic heterocycles. The maximum Gasteiger partial charge on any atom is 0.266 e. The Bertz CT molecular complexity index is 911. The maximum absolute atomic E-state index is 12.5. The van der Waals surface area contributed by atoms with Gasteiger partial charge in [-0.25, -0.2) is 4.98 Å². The Hall–Kier alpha value is -2.70. The van der Waals surface area contributed by atoms with Gasteiger partial charge in [0.05, 0.1) is 25.0 Å². The minimum Gasteiger partial charge on any atom is -0.496 e. The van der Waals surface area contributed by atoms with E-state index < -0.39 is 0 Å². The highest BCUT2D eigenvalue weighted by atomic mass is 16.5. The van der Waals surface area contributed by atoms with Crippen LogP contribution in [0.25, 0.3) is 11.1 Å². The molecule has 3 aromatic rings. The van der Waals surface area contributed by atoms with Gasteiger partial charge < -0.3 is 9.26 Å². The summed E-state index contributed by atoms with van der Waals surface area (Å²) in [5.41, 5.74) is 3.23. The highest BCUT2D eigenvalue weighted by Crippen LogP contribution is 2.24. The molecule has 3 aromatic heterocycles. The molecule has 22 heavy (non-hydrogen) atoms. The van der Waals surface area contributed by atoms with E-state index in [1.165, 1.54) is 10.9 Å². The van der Waals surface area contributed by atoms with Crippen molar-refractivity contribution in [3.8, 4) is 5.75 Å². The second-order valence-corrected chi connectivity index (χ2v) is 5.17. The summed E-state index contributed by atoms with van der Waals surface area (Å²) < 4.78 is 11.9. The fraction of sp³-hybridized carbons (Fsp3) is 0.333. The molecule has 0 saturated heterocycles. The summed E-state index contributed by atoms with van der Waals surface area (Å²) in [6.07, 6.45) is 3.19. The second-order valence-electron chi connectivity index (χ2n) is 5.17. The Balaban J connectivity index is 2.09. The van der Waals surface area contributed by atoms with Crippen LogP contribution in [0.15, 0.2) is 21.8 Å². The van der Waals surface area contributed by atoms with E-state index >= 15 is 0 Å². The van der Waals surface area contributed by atoms with Crippen LogP contribution in [-0.4, -0.2) is 26.8 Å². The highest BCUT2D eigenvalue weighted by Gasteiger charge is 2.15. The van der Waals surface area contributed by atoms with Crippen molar-refractivity contribution in [1.82, 2.24) is 19.7 Å². The molecule has 0 spiro atoms. The van der Waals surface area contributed by atoms with Crippen LogP contribution in [-0.2, 0) is 6.54 Å². The molecule has 0 fully saturated rings. The average molecular weight is 300 g/mol. The summed E-state index contributed by atoms with van der Waals surface area (Å²) in [6, 6.07) is 0. The molecule has 0 radical (unpaired) electrons. The quantitative estimate of drug-likeness (QED) is 0.733. The topological polar surface area (TPSA) is 83.0 Å². The lowest BCUT2D eigenvalue weighted by Gasteiger charge is -2.13. The maximum atomic E-state index is 12.5. The van der Waals surface area contributed by atoms with E-state index in [-0.39, 0.29) is 11.3 Å². The summed E-state index contributed by atoms with van der Waals surface area (Å²) in [5.74, 6) is 0.785. The molecule has 0 aliphatic rings. The van der Waals surface area contributed by atoms with Crippen LogP contribution in [0.5, 0.6) is 5.75 Å². The number of hydrogen-bond acceptors (Lipinski definition) is 6. The number of aromatic nitrogens is 4. The van der Waals surface area contributed by atoms with E-state index in [1.54, 1.807) is 20.2 Å². The number of aryl methyl sites for hydroxylation is 2. The Kier molecular flexibility index (Phi) is 3.40. The van der Waals surface area contributed by atoms with Gasteiger partial charge in [-0.2, -0.15) is 0 Å². The van der Waals surface area contributed by atoms with E-state index in [1.807, 2.05) is 13.8 Å². The number of nitrogens with zero attached hydrogens (tertiary/aromatic N) is 4. The lowest BCUT2D eigenvalue weighted by Crippen LogP contribution is -2.22. The smallest absolute Gasteiger partial charge is 0.266 e. The largest absolute Gasteiger partial charge is 0.496 e. The number of hydrogen-bond donors (Lipinski definition) is 0. The van der Waals surface area contributed by atoms with E-state index in [2.05, 4.69) is 15.1 Å². The van der Waals surface area contributed by atoms with Crippen LogP contribution in [0.4, 0.5) is 0 Å². The number of ether oxygens (including phenoxy) is 1. The van der Waals surface area contributed by atoms with Crippen molar-refractivity contribution >= 4 is 11.1 Å². The van der Waals surface area contributed by atoms with Crippen LogP contribution < -0.4 is 10.3 Å². The molecule has 0 unspecified atom stereocenters. The van der Waals surface area contributed by atoms with Gasteiger partial charge in [-0.1, -0.05) is 5.16 Å². The predicted molar refractivity (Wildman–Crippen MR) is 80.2 cm³/mol. The zero-order chi connectivity index (χ0) is 15.9. The van der Waals surface area contributed by atoms with Gasteiger partial charge in [0.15, 0.2) is 0 Å². The molecular weight excluding hydrogens is 284 g/mol. The predicted octanol–water partition coefficient (Wildman–Crippen LogP) is 1.76. The Labute approximate surface area is 126 Å². The second kappa shape index (κ2) is 5.25. The van der Waals surface area contributed by atoms with Crippen LogP contribution in [0.2, 0.25) is 0 Å². The van der Waals surface area contributed by atoms with E-state index in [9.17, 15) is 4.79 Å². The SMILES string of the molecule is COc1c(C)cnc(Cn2cnc3onc(C)c3c2=O)c1C. The third-order valence-corrected chi connectivity index (χ3v) is 3.70. The third kappa shape index (κ3) is 2.14. The number of methoxy groups -OCH3 is 1. The summed E-state index contributed by atoms with van der Waals surface area (Å²) in [5, 5.41) is 4.18. The average Bonchev–Trinajstić information content (AvgIpc) is 2.87. The van der Waals surface area contributed by atoms with Crippen molar-refractivity contribution < 1.29 is 9.26 Å². The first kappa shape index (κ1) is 14.2. The van der Waals surface area contributed by atoms with Crippen LogP contribution in [0, 0.1) is 20.8 Å². The Morgan fingerprint density at radius 3 is 2.77 bits per heavy atom. The fourth-order valence-electron chi connectivity index (χ4n) is 2.51. The molecule has 0 N–H and O–H groups in total. The summed E-state index contributed by atoms with van der Waals surface area (Å²) in [4.78, 5) is 21.0. The van der Waals surface area contributed by atoms with Crippen LogP contribution in [0.3, 0.4) is 0 Å². The fourth-order valence-corrected chi connectivity index (χ4v) is 2.51. The van der Waals surface area contributed by atoms with Crippen molar-refractivity contribution in [3.63, 3.8) is 0 Å². The number of fused-ring (bicyclic) bond motifs is 1. The molecule has 114 valence electrons. The first-order valence-electron chi connectivity index (χ1n) is 6.83. The normalized spacial score (nSPS) is 11.1. The zero-order valence-corrected chi connectivity index (χ0v) is 12.9. The molecular formula is C15H16N4O3. The Morgan fingerprint density at radius 1 is 1.27 bits per heavy atom. The zero-order valence-electron chi connectivity index (χ0n) is 12.9. The van der Waals surface area contributed by atoms with Gasteiger partial charge in [-0.05, 0) is 20.8 Å². The number of rotatable bonds is 3. The number of pyridine rings is 1. The van der Waals surface area contributed by atoms with E-state index in [0.717, 1.165) is 22.6 Å². The van der Waals surface area contributed by atoms with Crippen molar-refractivity contribution in [2.75, 3.05) is 7.11 Å². The monoisotopic (exact) mass is 300 g/mol. The molecule has 0 amide bonds. The van der Waals surface area contributed by atoms with Gasteiger partial charge in [0.1, 0.15) is 17.5 Å². The van der Waals surface area contributed by atoms with Crippen LogP contribution in [0.1, 0.15) is 22.5 Å². The van der Waals surface area contributed by atoms with Crippen molar-refractivity contribution in [2.45, 2.75) is 27.3 Å². The molecule has 0 bridgehead atoms. The molecule has 0 saturated carbocycles.